The van der Waals surface area contributed by atoms with Gasteiger partial charge in [-0.2, -0.15) is 0 Å². The summed E-state index contributed by atoms with van der Waals surface area (Å²) in [5, 5.41) is 3.04. The molecule has 0 spiro atoms. The van der Waals surface area contributed by atoms with Gasteiger partial charge in [0.15, 0.2) is 17.5 Å². The highest BCUT2D eigenvalue weighted by Crippen LogP contribution is 2.46. The molecule has 0 aliphatic rings. The lowest BCUT2D eigenvalue weighted by Gasteiger charge is -2.11. The van der Waals surface area contributed by atoms with Crippen molar-refractivity contribution in [3.8, 4) is 56.4 Å². The third-order valence-electron chi connectivity index (χ3n) is 8.71. The zero-order valence-electron chi connectivity index (χ0n) is 36.0. The molecule has 50 heavy (non-hydrogen) atoms. The summed E-state index contributed by atoms with van der Waals surface area (Å²) >= 11 is 1.33. The van der Waals surface area contributed by atoms with E-state index < -0.39 is 60.4 Å². The molecule has 0 N–H and O–H groups in total. The summed E-state index contributed by atoms with van der Waals surface area (Å²) in [4.78, 5) is 15.1. The fourth-order valence-corrected chi connectivity index (χ4v) is 7.71. The Labute approximate surface area is 306 Å². The SMILES string of the molecule is [2H]c1c([2H])c([2H])c(-c2cc(-c3c([2H])c([2H])c([2H])c([2H])c3[2H])c3sc4cccc(-c5nc(-c6ccccc6)nc(-c6cccc7c6oc6ccccc67)n5)c4c3c2)c([2H])c1[2H]. The van der Waals surface area contributed by atoms with Crippen LogP contribution in [0, 0.1) is 0 Å². The van der Waals surface area contributed by atoms with Crippen molar-refractivity contribution < 1.29 is 18.1 Å². The van der Waals surface area contributed by atoms with Crippen molar-refractivity contribution >= 4 is 53.4 Å². The molecule has 3 heterocycles. The summed E-state index contributed by atoms with van der Waals surface area (Å²) in [5.74, 6) is 1.08. The van der Waals surface area contributed by atoms with Gasteiger partial charge in [0.05, 0.1) is 19.3 Å². The quantitative estimate of drug-likeness (QED) is 0.183. The maximum atomic E-state index is 8.96. The molecular weight excluding hydrogens is 631 g/mol. The second-order valence-corrected chi connectivity index (χ2v) is 12.7. The van der Waals surface area contributed by atoms with Gasteiger partial charge in [0.2, 0.25) is 0 Å². The van der Waals surface area contributed by atoms with Gasteiger partial charge in [-0.25, -0.2) is 15.0 Å². The molecule has 0 saturated carbocycles. The van der Waals surface area contributed by atoms with Gasteiger partial charge in [-0.05, 0) is 47.0 Å². The van der Waals surface area contributed by atoms with E-state index in [2.05, 4.69) is 0 Å². The van der Waals surface area contributed by atoms with E-state index in [1.54, 1.807) is 12.1 Å². The molecule has 0 aliphatic carbocycles. The second-order valence-electron chi connectivity index (χ2n) is 11.6. The van der Waals surface area contributed by atoms with Crippen LogP contribution in [0.5, 0.6) is 0 Å². The van der Waals surface area contributed by atoms with Gasteiger partial charge in [0.25, 0.3) is 0 Å². The zero-order valence-corrected chi connectivity index (χ0v) is 26.8. The maximum absolute atomic E-state index is 8.96. The minimum Gasteiger partial charge on any atom is -0.455 e. The van der Waals surface area contributed by atoms with Gasteiger partial charge in [-0.1, -0.05) is 133 Å². The van der Waals surface area contributed by atoms with Gasteiger partial charge in [0, 0.05) is 47.6 Å². The lowest BCUT2D eigenvalue weighted by atomic mass is 9.95. The van der Waals surface area contributed by atoms with Crippen LogP contribution in [0.2, 0.25) is 0 Å². The van der Waals surface area contributed by atoms with Crippen LogP contribution in [-0.4, -0.2) is 15.0 Å². The predicted molar refractivity (Wildman–Crippen MR) is 207 cm³/mol. The van der Waals surface area contributed by atoms with Gasteiger partial charge < -0.3 is 4.42 Å². The van der Waals surface area contributed by atoms with Crippen molar-refractivity contribution in [1.29, 1.82) is 0 Å². The predicted octanol–water partition coefficient (Wildman–Crippen LogP) is 12.5. The Bertz CT molecular complexity index is 3400. The molecule has 0 atom stereocenters. The van der Waals surface area contributed by atoms with Crippen molar-refractivity contribution in [3.63, 3.8) is 0 Å². The number of furan rings is 1. The van der Waals surface area contributed by atoms with E-state index in [9.17, 15) is 0 Å². The van der Waals surface area contributed by atoms with Gasteiger partial charge in [-0.3, -0.25) is 0 Å². The molecule has 3 aromatic heterocycles. The largest absolute Gasteiger partial charge is 0.455 e. The number of thiophene rings is 1. The molecule has 0 radical (unpaired) electrons. The smallest absolute Gasteiger partial charge is 0.167 e. The van der Waals surface area contributed by atoms with Crippen LogP contribution in [0.25, 0.3) is 98.5 Å². The summed E-state index contributed by atoms with van der Waals surface area (Å²) < 4.78 is 93.8. The van der Waals surface area contributed by atoms with Crippen LogP contribution >= 0.6 is 11.3 Å². The first-order chi connectivity index (χ1) is 28.9. The maximum Gasteiger partial charge on any atom is 0.167 e. The number of fused-ring (bicyclic) bond motifs is 6. The average Bonchev–Trinajstić information content (AvgIpc) is 3.85. The van der Waals surface area contributed by atoms with Crippen LogP contribution in [0.15, 0.2) is 168 Å². The van der Waals surface area contributed by atoms with Crippen molar-refractivity contribution in [3.05, 3.63) is 164 Å². The molecule has 0 amide bonds. The first kappa shape index (κ1) is 20.2. The van der Waals surface area contributed by atoms with E-state index in [0.29, 0.717) is 49.7 Å². The monoisotopic (exact) mass is 667 g/mol. The molecule has 234 valence electrons. The molecule has 0 aliphatic heterocycles. The fraction of sp³-hybridized carbons (Fsp3) is 0. The number of benzene rings is 7. The number of hydrogen-bond donors (Lipinski definition) is 0. The van der Waals surface area contributed by atoms with Gasteiger partial charge >= 0.3 is 0 Å². The molecule has 4 nitrogen and oxygen atoms in total. The Kier molecular flexibility index (Phi) is 4.69. The second kappa shape index (κ2) is 11.6. The Balaban J connectivity index is 1.31. The Morgan fingerprint density at radius 2 is 1.14 bits per heavy atom. The van der Waals surface area contributed by atoms with Crippen LogP contribution < -0.4 is 0 Å². The number of para-hydroxylation sites is 2. The van der Waals surface area contributed by atoms with E-state index in [0.717, 1.165) is 26.6 Å². The molecule has 7 aromatic carbocycles. The first-order valence-corrected chi connectivity index (χ1v) is 16.6. The van der Waals surface area contributed by atoms with Crippen molar-refractivity contribution in [2.75, 3.05) is 0 Å². The molecule has 10 rings (SSSR count). The number of hydrogen-bond acceptors (Lipinski definition) is 5. The summed E-state index contributed by atoms with van der Waals surface area (Å²) in [7, 11) is 0. The minimum atomic E-state index is -0.554. The lowest BCUT2D eigenvalue weighted by Crippen LogP contribution is -2.00. The highest BCUT2D eigenvalue weighted by atomic mass is 32.1. The standard InChI is InChI=1S/C45H27N3OS/c1-4-14-28(15-5-1)31-26-36(29-16-6-2-7-17-29)42-37(27-31)40-34(22-13-25-39(40)50-42)44-46-43(30-18-8-3-9-19-30)47-45(48-44)35-23-12-21-33-32-20-10-11-24-38(32)49-41(33)35/h1-27H/i1D,2D,4D,5D,6D,7D,14D,15D,16D,17D. The van der Waals surface area contributed by atoms with E-state index in [4.69, 9.17) is 33.1 Å². The summed E-state index contributed by atoms with van der Waals surface area (Å²) in [5.41, 5.74) is 3.58. The van der Waals surface area contributed by atoms with Crippen molar-refractivity contribution in [2.45, 2.75) is 0 Å². The molecule has 0 bridgehead atoms. The van der Waals surface area contributed by atoms with Gasteiger partial charge in [-0.15, -0.1) is 11.3 Å². The third-order valence-corrected chi connectivity index (χ3v) is 9.91. The fourth-order valence-electron chi connectivity index (χ4n) is 6.48. The Hall–Kier alpha value is -6.43. The molecule has 0 saturated heterocycles. The molecule has 10 aromatic rings. The highest BCUT2D eigenvalue weighted by molar-refractivity contribution is 7.26. The molecular formula is C45H27N3OS. The molecule has 0 unspecified atom stereocenters. The van der Waals surface area contributed by atoms with Crippen LogP contribution in [0.4, 0.5) is 0 Å². The van der Waals surface area contributed by atoms with Crippen molar-refractivity contribution in [2.24, 2.45) is 0 Å². The molecule has 0 fully saturated rings. The Morgan fingerprint density at radius 3 is 1.96 bits per heavy atom. The number of aromatic nitrogens is 3. The van der Waals surface area contributed by atoms with Crippen LogP contribution in [-0.2, 0) is 0 Å². The van der Waals surface area contributed by atoms with Crippen LogP contribution in [0.1, 0.15) is 13.7 Å². The summed E-state index contributed by atoms with van der Waals surface area (Å²) in [6.45, 7) is 0. The van der Waals surface area contributed by atoms with E-state index in [1.807, 2.05) is 91.0 Å². The van der Waals surface area contributed by atoms with E-state index >= 15 is 0 Å². The normalized spacial score (nSPS) is 14.4. The zero-order chi connectivity index (χ0) is 41.7. The third kappa shape index (κ3) is 4.71. The summed E-state index contributed by atoms with van der Waals surface area (Å²) in [6, 6.07) is 27.0. The summed E-state index contributed by atoms with van der Waals surface area (Å²) in [6.07, 6.45) is 0. The van der Waals surface area contributed by atoms with Gasteiger partial charge in [0.1, 0.15) is 11.2 Å². The van der Waals surface area contributed by atoms with E-state index in [-0.39, 0.29) is 22.3 Å². The van der Waals surface area contributed by atoms with Crippen LogP contribution in [0.3, 0.4) is 0 Å². The van der Waals surface area contributed by atoms with Crippen molar-refractivity contribution in [1.82, 2.24) is 15.0 Å². The first-order valence-electron chi connectivity index (χ1n) is 20.8. The topological polar surface area (TPSA) is 51.8 Å². The lowest BCUT2D eigenvalue weighted by molar-refractivity contribution is 0.669. The number of nitrogens with zero attached hydrogens (tertiary/aromatic N) is 3. The molecule has 5 heteroatoms. The average molecular weight is 668 g/mol. The van der Waals surface area contributed by atoms with E-state index in [1.165, 1.54) is 11.3 Å². The Morgan fingerprint density at radius 1 is 0.480 bits per heavy atom. The number of rotatable bonds is 5. The highest BCUT2D eigenvalue weighted by Gasteiger charge is 2.21. The minimum absolute atomic E-state index is 0.0823.